The van der Waals surface area contributed by atoms with Crippen LogP contribution in [-0.2, 0) is 22.4 Å². The molecule has 8 bridgehead atoms. The van der Waals surface area contributed by atoms with Crippen LogP contribution in [0, 0.1) is 0 Å². The fourth-order valence-corrected chi connectivity index (χ4v) is 8.63. The van der Waals surface area contributed by atoms with E-state index in [1.54, 1.807) is 0 Å². The van der Waals surface area contributed by atoms with Crippen LogP contribution < -0.4 is 50.8 Å². The smallest absolute Gasteiger partial charge is 0.236 e. The monoisotopic (exact) mass is 963 g/mol. The van der Waals surface area contributed by atoms with Crippen LogP contribution in [0.15, 0.2) is 97.1 Å². The Labute approximate surface area is 416 Å². The SMILES string of the molecule is O=C(CN1CCNCCNCCNCC1)N1CCOc2ccc(cc2)Cc2ccc(cc2)OCCN(C(=O)CN2CCNCCNCCNCC2)CCOc2ccc(cc2)Cc2ccc(cc2)OCC1. The number of carbonyl (C=O) groups excluding carboxylic acids is 2. The number of rotatable bonds is 4. The molecule has 0 aromatic heterocycles. The topological polar surface area (TPSA) is 156 Å². The number of benzene rings is 4. The Kier molecular flexibility index (Phi) is 22.8. The van der Waals surface area contributed by atoms with Gasteiger partial charge in [-0.15, -0.1) is 0 Å². The van der Waals surface area contributed by atoms with Gasteiger partial charge in [0.05, 0.1) is 39.3 Å². The average molecular weight is 963 g/mol. The Bertz CT molecular complexity index is 1800. The Hall–Kier alpha value is -5.30. The first kappa shape index (κ1) is 52.5. The molecule has 6 N–H and O–H groups in total. The Morgan fingerprint density at radius 1 is 0.329 bits per heavy atom. The van der Waals surface area contributed by atoms with Gasteiger partial charge in [0, 0.05) is 105 Å². The van der Waals surface area contributed by atoms with Crippen LogP contribution >= 0.6 is 0 Å². The number of nitrogens with one attached hydrogen (secondary N) is 6. The highest BCUT2D eigenvalue weighted by Crippen LogP contribution is 2.20. The summed E-state index contributed by atoms with van der Waals surface area (Å²) < 4.78 is 24.9. The van der Waals surface area contributed by atoms with Crippen LogP contribution in [0.1, 0.15) is 22.3 Å². The maximum absolute atomic E-state index is 14.0. The molecular weight excluding hydrogens is 885 g/mol. The Morgan fingerprint density at radius 2 is 0.557 bits per heavy atom. The average Bonchev–Trinajstić information content (AvgIpc) is 3.36. The Morgan fingerprint density at radius 3 is 0.800 bits per heavy atom. The van der Waals surface area contributed by atoms with E-state index in [0.717, 1.165) is 163 Å². The zero-order valence-electron chi connectivity index (χ0n) is 41.3. The fraction of sp³-hybridized carbons (Fsp3) is 0.519. The van der Waals surface area contributed by atoms with E-state index in [1.807, 2.05) is 58.3 Å². The van der Waals surface area contributed by atoms with E-state index in [1.165, 1.54) is 0 Å². The van der Waals surface area contributed by atoms with Crippen molar-refractivity contribution >= 4 is 11.8 Å². The number of hydrogen-bond acceptors (Lipinski definition) is 14. The first-order valence-corrected chi connectivity index (χ1v) is 25.6. The summed E-state index contributed by atoms with van der Waals surface area (Å²) >= 11 is 0. The minimum atomic E-state index is 0.0633. The lowest BCUT2D eigenvalue weighted by Crippen LogP contribution is -2.47. The van der Waals surface area contributed by atoms with Gasteiger partial charge in [0.2, 0.25) is 11.8 Å². The van der Waals surface area contributed by atoms with Crippen LogP contribution in [0.25, 0.3) is 0 Å². The van der Waals surface area contributed by atoms with Gasteiger partial charge in [-0.3, -0.25) is 19.4 Å². The molecule has 0 atom stereocenters. The molecule has 4 aromatic rings. The molecule has 13 rings (SSSR count). The number of nitrogens with zero attached hydrogens (tertiary/aromatic N) is 4. The van der Waals surface area contributed by atoms with Crippen molar-refractivity contribution < 1.29 is 28.5 Å². The fourth-order valence-electron chi connectivity index (χ4n) is 8.63. The van der Waals surface area contributed by atoms with Gasteiger partial charge in [-0.2, -0.15) is 0 Å². The largest absolute Gasteiger partial charge is 0.492 e. The van der Waals surface area contributed by atoms with Crippen molar-refractivity contribution in [2.24, 2.45) is 0 Å². The molecule has 0 unspecified atom stereocenters. The van der Waals surface area contributed by atoms with Gasteiger partial charge in [0.1, 0.15) is 49.4 Å². The van der Waals surface area contributed by atoms with E-state index in [9.17, 15) is 9.59 Å². The van der Waals surface area contributed by atoms with Crippen LogP contribution in [0.5, 0.6) is 23.0 Å². The predicted molar refractivity (Wildman–Crippen MR) is 277 cm³/mol. The van der Waals surface area contributed by atoms with Gasteiger partial charge in [-0.05, 0) is 83.6 Å². The van der Waals surface area contributed by atoms with E-state index < -0.39 is 0 Å². The highest BCUT2D eigenvalue weighted by atomic mass is 16.5. The summed E-state index contributed by atoms with van der Waals surface area (Å²) in [6.45, 7) is 17.7. The summed E-state index contributed by atoms with van der Waals surface area (Å²) in [5.41, 5.74) is 4.64. The molecule has 0 aliphatic carbocycles. The first-order valence-electron chi connectivity index (χ1n) is 25.6. The summed E-state index contributed by atoms with van der Waals surface area (Å²) in [6, 6.07) is 32.7. The molecule has 70 heavy (non-hydrogen) atoms. The zero-order chi connectivity index (χ0) is 48.3. The van der Waals surface area contributed by atoms with Gasteiger partial charge >= 0.3 is 0 Å². The maximum Gasteiger partial charge on any atom is 0.236 e. The molecule has 16 heteroatoms. The lowest BCUT2D eigenvalue weighted by molar-refractivity contribution is -0.134. The highest BCUT2D eigenvalue weighted by Gasteiger charge is 2.20. The lowest BCUT2D eigenvalue weighted by Gasteiger charge is -2.28. The second-order valence-corrected chi connectivity index (χ2v) is 18.1. The number of ether oxygens (including phenoxy) is 4. The molecule has 2 fully saturated rings. The molecule has 0 spiro atoms. The minimum absolute atomic E-state index is 0.0633. The number of hydrogen-bond donors (Lipinski definition) is 6. The van der Waals surface area contributed by atoms with Crippen LogP contribution in [-0.4, -0.2) is 202 Å². The number of amides is 2. The van der Waals surface area contributed by atoms with Crippen molar-refractivity contribution in [2.45, 2.75) is 12.8 Å². The lowest BCUT2D eigenvalue weighted by atomic mass is 10.0. The second kappa shape index (κ2) is 30.4. The van der Waals surface area contributed by atoms with Gasteiger partial charge in [0.15, 0.2) is 0 Å². The van der Waals surface area contributed by atoms with Gasteiger partial charge in [-0.25, -0.2) is 0 Å². The van der Waals surface area contributed by atoms with Crippen LogP contribution in [0.4, 0.5) is 0 Å². The molecule has 380 valence electrons. The highest BCUT2D eigenvalue weighted by molar-refractivity contribution is 5.78. The molecule has 4 aromatic carbocycles. The van der Waals surface area contributed by atoms with Crippen molar-refractivity contribution in [1.29, 1.82) is 0 Å². The van der Waals surface area contributed by atoms with Crippen molar-refractivity contribution in [3.05, 3.63) is 119 Å². The molecular formula is C54H78N10O6. The standard InChI is InChI=1S/C54H78N10O6/c65-53(43-61-29-25-57-21-17-55-18-22-58-26-30-61)63-33-37-67-49-9-1-45(2-10-49)41-46-3-11-50(12-4-46)68-39-35-64(54(66)44-62-31-27-59-23-19-56-20-24-60-28-32-62)36-40-70-52-15-7-48(8-16-52)42-47-5-13-51(14-6-47)69-38-34-63/h1-16,55-60H,17-44H2. The molecule has 9 aliphatic heterocycles. The van der Waals surface area contributed by atoms with E-state index in [4.69, 9.17) is 18.9 Å². The third-order valence-electron chi connectivity index (χ3n) is 12.8. The predicted octanol–water partition coefficient (Wildman–Crippen LogP) is 1.92. The first-order chi connectivity index (χ1) is 34.5. The third-order valence-corrected chi connectivity index (χ3v) is 12.8. The molecule has 2 amide bonds. The summed E-state index contributed by atoms with van der Waals surface area (Å²) in [5.74, 6) is 3.17. The summed E-state index contributed by atoms with van der Waals surface area (Å²) in [7, 11) is 0. The van der Waals surface area contributed by atoms with Crippen molar-refractivity contribution in [3.8, 4) is 23.0 Å². The third kappa shape index (κ3) is 19.5. The summed E-state index contributed by atoms with van der Waals surface area (Å²) in [4.78, 5) is 36.2. The molecule has 0 radical (unpaired) electrons. The van der Waals surface area contributed by atoms with Gasteiger partial charge < -0.3 is 60.6 Å². The molecule has 9 aliphatic rings. The van der Waals surface area contributed by atoms with Crippen molar-refractivity contribution in [2.75, 3.05) is 170 Å². The minimum Gasteiger partial charge on any atom is -0.492 e. The molecule has 16 nitrogen and oxygen atoms in total. The van der Waals surface area contributed by atoms with Crippen LogP contribution in [0.2, 0.25) is 0 Å². The maximum atomic E-state index is 14.0. The Balaban J connectivity index is 1.00. The van der Waals surface area contributed by atoms with Gasteiger partial charge in [-0.1, -0.05) is 48.5 Å². The molecule has 0 saturated carbocycles. The molecule has 9 heterocycles. The molecule has 2 saturated heterocycles. The van der Waals surface area contributed by atoms with Crippen molar-refractivity contribution in [3.63, 3.8) is 0 Å². The van der Waals surface area contributed by atoms with E-state index in [0.29, 0.717) is 65.7 Å². The van der Waals surface area contributed by atoms with Crippen LogP contribution in [0.3, 0.4) is 0 Å². The van der Waals surface area contributed by atoms with Crippen molar-refractivity contribution in [1.82, 2.24) is 51.5 Å². The van der Waals surface area contributed by atoms with Gasteiger partial charge in [0.25, 0.3) is 0 Å². The van der Waals surface area contributed by atoms with E-state index >= 15 is 0 Å². The quantitative estimate of drug-likeness (QED) is 0.177. The van der Waals surface area contributed by atoms with E-state index in [2.05, 4.69) is 90.2 Å². The second-order valence-electron chi connectivity index (χ2n) is 18.1. The normalized spacial score (nSPS) is 19.3. The zero-order valence-corrected chi connectivity index (χ0v) is 41.3. The number of carbonyl (C=O) groups is 2. The van der Waals surface area contributed by atoms with E-state index in [-0.39, 0.29) is 11.8 Å². The summed E-state index contributed by atoms with van der Waals surface area (Å²) in [6.07, 6.45) is 1.51. The summed E-state index contributed by atoms with van der Waals surface area (Å²) in [5, 5.41) is 20.9.